The van der Waals surface area contributed by atoms with E-state index < -0.39 is 0 Å². The largest absolute Gasteiger partial charge is 0.353 e. The lowest BCUT2D eigenvalue weighted by atomic mass is 10.1. The molecule has 4 rings (SSSR count). The van der Waals surface area contributed by atoms with Crippen molar-refractivity contribution in [2.24, 2.45) is 7.05 Å². The summed E-state index contributed by atoms with van der Waals surface area (Å²) in [5.74, 6) is 0.648. The lowest BCUT2D eigenvalue weighted by Gasteiger charge is -1.95. The Morgan fingerprint density at radius 1 is 1.05 bits per heavy atom. The van der Waals surface area contributed by atoms with E-state index in [4.69, 9.17) is 0 Å². The Balaban J connectivity index is 2.02. The summed E-state index contributed by atoms with van der Waals surface area (Å²) in [6.07, 6.45) is 3.51. The van der Waals surface area contributed by atoms with Crippen LogP contribution in [0.1, 0.15) is 0 Å². The predicted molar refractivity (Wildman–Crippen MR) is 73.6 cm³/mol. The van der Waals surface area contributed by atoms with Crippen LogP contribution in [0.4, 0.5) is 0 Å². The minimum atomic E-state index is 0.648. The molecule has 0 saturated carbocycles. The molecule has 0 unspecified atom stereocenters. The fraction of sp³-hybridized carbons (Fsp3) is 0.0714. The summed E-state index contributed by atoms with van der Waals surface area (Å²) in [5.41, 5.74) is 2.93. The number of pyridine rings is 1. The second kappa shape index (κ2) is 3.65. The van der Waals surface area contributed by atoms with Crippen LogP contribution < -0.4 is 0 Å². The third kappa shape index (κ3) is 1.52. The molecule has 1 aromatic carbocycles. The summed E-state index contributed by atoms with van der Waals surface area (Å²) in [7, 11) is 1.85. The molecule has 0 aliphatic heterocycles. The van der Waals surface area contributed by atoms with Gasteiger partial charge < -0.3 is 4.98 Å². The Kier molecular flexibility index (Phi) is 1.97. The maximum absolute atomic E-state index is 4.42. The van der Waals surface area contributed by atoms with E-state index in [1.807, 2.05) is 31.4 Å². The molecule has 3 aromatic heterocycles. The highest BCUT2D eigenvalue weighted by Gasteiger charge is 2.09. The van der Waals surface area contributed by atoms with E-state index in [2.05, 4.69) is 32.2 Å². The van der Waals surface area contributed by atoms with Crippen LogP contribution in [-0.4, -0.2) is 24.7 Å². The number of aromatic amines is 1. The Bertz CT molecular complexity index is 887. The molecule has 0 saturated heterocycles. The number of para-hydroxylation sites is 1. The monoisotopic (exact) mass is 249 g/mol. The van der Waals surface area contributed by atoms with Crippen LogP contribution in [0, 0.1) is 0 Å². The van der Waals surface area contributed by atoms with Crippen LogP contribution in [0.15, 0.2) is 42.9 Å². The van der Waals surface area contributed by atoms with E-state index in [1.165, 1.54) is 5.39 Å². The number of H-pyrrole nitrogens is 1. The number of benzene rings is 1. The fourth-order valence-electron chi connectivity index (χ4n) is 2.33. The van der Waals surface area contributed by atoms with Crippen LogP contribution in [0.25, 0.3) is 33.3 Å². The number of aromatic nitrogens is 5. The van der Waals surface area contributed by atoms with Gasteiger partial charge in [-0.15, -0.1) is 5.10 Å². The molecule has 19 heavy (non-hydrogen) atoms. The van der Waals surface area contributed by atoms with Gasteiger partial charge in [0.15, 0.2) is 5.82 Å². The molecule has 0 amide bonds. The van der Waals surface area contributed by atoms with E-state index >= 15 is 0 Å². The van der Waals surface area contributed by atoms with E-state index in [9.17, 15) is 0 Å². The Morgan fingerprint density at radius 3 is 2.79 bits per heavy atom. The second-order valence-corrected chi connectivity index (χ2v) is 4.53. The van der Waals surface area contributed by atoms with Crippen LogP contribution in [0.2, 0.25) is 0 Å². The zero-order valence-corrected chi connectivity index (χ0v) is 10.3. The molecule has 92 valence electrons. The number of rotatable bonds is 1. The van der Waals surface area contributed by atoms with Gasteiger partial charge in [0, 0.05) is 23.3 Å². The quantitative estimate of drug-likeness (QED) is 0.564. The van der Waals surface area contributed by atoms with Crippen LogP contribution in [-0.2, 0) is 7.05 Å². The molecular weight excluding hydrogens is 238 g/mol. The molecule has 0 spiro atoms. The van der Waals surface area contributed by atoms with Crippen molar-refractivity contribution < 1.29 is 0 Å². The van der Waals surface area contributed by atoms with Crippen molar-refractivity contribution in [1.29, 1.82) is 0 Å². The van der Waals surface area contributed by atoms with Gasteiger partial charge in [0.25, 0.3) is 0 Å². The van der Waals surface area contributed by atoms with Gasteiger partial charge in [0.1, 0.15) is 12.0 Å². The zero-order chi connectivity index (χ0) is 12.8. The Hall–Kier alpha value is -2.69. The van der Waals surface area contributed by atoms with E-state index in [0.717, 1.165) is 22.1 Å². The molecule has 0 fully saturated rings. The molecule has 5 nitrogen and oxygen atoms in total. The number of nitrogens with one attached hydrogen (secondary N) is 1. The van der Waals surface area contributed by atoms with E-state index in [0.29, 0.717) is 5.82 Å². The maximum Gasteiger partial charge on any atom is 0.199 e. The topological polar surface area (TPSA) is 59.4 Å². The first-order valence-corrected chi connectivity index (χ1v) is 6.04. The molecule has 0 atom stereocenters. The first kappa shape index (κ1) is 10.3. The number of aryl methyl sites for hydroxylation is 1. The van der Waals surface area contributed by atoms with Crippen molar-refractivity contribution in [3.63, 3.8) is 0 Å². The van der Waals surface area contributed by atoms with Gasteiger partial charge in [-0.2, -0.15) is 0 Å². The smallest absolute Gasteiger partial charge is 0.199 e. The van der Waals surface area contributed by atoms with Gasteiger partial charge in [-0.05, 0) is 12.1 Å². The number of hydrogen-bond donors (Lipinski definition) is 1. The highest BCUT2D eigenvalue weighted by molar-refractivity contribution is 6.07. The molecule has 0 aliphatic rings. The third-order valence-corrected chi connectivity index (χ3v) is 3.22. The molecular formula is C14H11N5. The third-order valence-electron chi connectivity index (χ3n) is 3.22. The lowest BCUT2D eigenvalue weighted by Crippen LogP contribution is -1.89. The molecule has 0 radical (unpaired) electrons. The molecule has 0 bridgehead atoms. The standard InChI is InChI=1S/C14H11N5/c1-19-8-16-14(18-19)12-6-10-9-4-2-3-5-11(9)17-13(10)7-15-12/h2-8,17H,1H3. The second-order valence-electron chi connectivity index (χ2n) is 4.53. The highest BCUT2D eigenvalue weighted by atomic mass is 15.3. The summed E-state index contributed by atoms with van der Waals surface area (Å²) < 4.78 is 1.68. The average Bonchev–Trinajstić information content (AvgIpc) is 3.01. The molecule has 4 aromatic rings. The summed E-state index contributed by atoms with van der Waals surface area (Å²) >= 11 is 0. The van der Waals surface area contributed by atoms with Crippen molar-refractivity contribution in [2.45, 2.75) is 0 Å². The van der Waals surface area contributed by atoms with Crippen molar-refractivity contribution in [1.82, 2.24) is 24.7 Å². The lowest BCUT2D eigenvalue weighted by molar-refractivity contribution is 0.767. The first-order chi connectivity index (χ1) is 9.31. The van der Waals surface area contributed by atoms with Crippen molar-refractivity contribution in [2.75, 3.05) is 0 Å². The Labute approximate surface area is 108 Å². The van der Waals surface area contributed by atoms with Gasteiger partial charge in [-0.25, -0.2) is 4.98 Å². The van der Waals surface area contributed by atoms with E-state index in [1.54, 1.807) is 11.0 Å². The molecule has 3 heterocycles. The summed E-state index contributed by atoms with van der Waals surface area (Å²) in [5, 5.41) is 6.62. The normalized spacial score (nSPS) is 11.4. The van der Waals surface area contributed by atoms with Crippen LogP contribution in [0.3, 0.4) is 0 Å². The van der Waals surface area contributed by atoms with Gasteiger partial charge >= 0.3 is 0 Å². The maximum atomic E-state index is 4.42. The zero-order valence-electron chi connectivity index (χ0n) is 10.3. The van der Waals surface area contributed by atoms with Gasteiger partial charge in [-0.1, -0.05) is 18.2 Å². The molecule has 0 aliphatic carbocycles. The highest BCUT2D eigenvalue weighted by Crippen LogP contribution is 2.27. The summed E-state index contributed by atoms with van der Waals surface area (Å²) in [4.78, 5) is 12.0. The van der Waals surface area contributed by atoms with Crippen LogP contribution in [0.5, 0.6) is 0 Å². The minimum absolute atomic E-state index is 0.648. The minimum Gasteiger partial charge on any atom is -0.353 e. The SMILES string of the molecule is Cn1cnc(-c2cc3c(cn2)[nH]c2ccccc23)n1. The van der Waals surface area contributed by atoms with Gasteiger partial charge in [0.2, 0.25) is 0 Å². The molecule has 1 N–H and O–H groups in total. The number of nitrogens with zero attached hydrogens (tertiary/aromatic N) is 4. The first-order valence-electron chi connectivity index (χ1n) is 6.04. The number of hydrogen-bond acceptors (Lipinski definition) is 3. The molecule has 5 heteroatoms. The fourth-order valence-corrected chi connectivity index (χ4v) is 2.33. The van der Waals surface area contributed by atoms with Gasteiger partial charge in [0.05, 0.1) is 11.7 Å². The summed E-state index contributed by atoms with van der Waals surface area (Å²) in [6, 6.07) is 10.3. The van der Waals surface area contributed by atoms with Crippen LogP contribution >= 0.6 is 0 Å². The number of fused-ring (bicyclic) bond motifs is 3. The average molecular weight is 249 g/mol. The van der Waals surface area contributed by atoms with E-state index in [-0.39, 0.29) is 0 Å². The van der Waals surface area contributed by atoms with Crippen molar-refractivity contribution in [3.8, 4) is 11.5 Å². The van der Waals surface area contributed by atoms with Gasteiger partial charge in [-0.3, -0.25) is 9.67 Å². The Morgan fingerprint density at radius 2 is 1.95 bits per heavy atom. The predicted octanol–water partition coefficient (Wildman–Crippen LogP) is 2.51. The van der Waals surface area contributed by atoms with Crippen molar-refractivity contribution >= 4 is 21.8 Å². The van der Waals surface area contributed by atoms with Crippen molar-refractivity contribution in [3.05, 3.63) is 42.9 Å². The summed E-state index contributed by atoms with van der Waals surface area (Å²) in [6.45, 7) is 0.